The molecule has 4 rings (SSSR count). The van der Waals surface area contributed by atoms with Crippen LogP contribution in [0.3, 0.4) is 0 Å². The molecule has 0 unspecified atom stereocenters. The number of benzene rings is 2. The summed E-state index contributed by atoms with van der Waals surface area (Å²) in [5, 5.41) is 6.63. The Morgan fingerprint density at radius 1 is 0.868 bits per heavy atom. The first kappa shape index (κ1) is 26.9. The van der Waals surface area contributed by atoms with Gasteiger partial charge in [0.2, 0.25) is 11.8 Å². The van der Waals surface area contributed by atoms with Crippen molar-refractivity contribution in [3.8, 4) is 0 Å². The van der Waals surface area contributed by atoms with Crippen LogP contribution in [-0.4, -0.2) is 27.5 Å². The highest BCUT2D eigenvalue weighted by molar-refractivity contribution is 6.30. The van der Waals surface area contributed by atoms with Gasteiger partial charge in [-0.3, -0.25) is 23.5 Å². The minimum Gasteiger partial charge on any atom is -0.467 e. The summed E-state index contributed by atoms with van der Waals surface area (Å²) in [7, 11) is 0. The number of carbonyl (C=O) groups is 2. The Balaban J connectivity index is 1.34. The number of rotatable bonds is 12. The van der Waals surface area contributed by atoms with Gasteiger partial charge < -0.3 is 15.1 Å². The third-order valence-corrected chi connectivity index (χ3v) is 6.41. The summed E-state index contributed by atoms with van der Waals surface area (Å²) in [6.45, 7) is 0.613. The molecule has 9 nitrogen and oxygen atoms in total. The number of nitrogens with one attached hydrogen (secondary N) is 2. The second kappa shape index (κ2) is 12.9. The number of hydrogen-bond donors (Lipinski definition) is 2. The molecule has 0 spiro atoms. The highest BCUT2D eigenvalue weighted by Crippen LogP contribution is 2.10. The molecular weight excluding hydrogens is 508 g/mol. The third kappa shape index (κ3) is 7.01. The molecule has 2 N–H and O–H groups in total. The van der Waals surface area contributed by atoms with E-state index in [9.17, 15) is 19.2 Å². The first-order valence-corrected chi connectivity index (χ1v) is 12.8. The van der Waals surface area contributed by atoms with Crippen LogP contribution in [0, 0.1) is 0 Å². The molecule has 0 aliphatic rings. The Kier molecular flexibility index (Phi) is 9.16. The van der Waals surface area contributed by atoms with E-state index in [1.54, 1.807) is 36.4 Å². The van der Waals surface area contributed by atoms with Crippen LogP contribution in [0.1, 0.15) is 30.6 Å². The Hall–Kier alpha value is -4.11. The van der Waals surface area contributed by atoms with Crippen molar-refractivity contribution in [1.82, 2.24) is 19.8 Å². The van der Waals surface area contributed by atoms with Crippen molar-refractivity contribution in [2.24, 2.45) is 0 Å². The number of hydrogen-bond acceptors (Lipinski definition) is 5. The van der Waals surface area contributed by atoms with Gasteiger partial charge in [-0.05, 0) is 61.2 Å². The number of carbonyl (C=O) groups excluding carboxylic acids is 2. The normalized spacial score (nSPS) is 11.0. The van der Waals surface area contributed by atoms with E-state index in [1.807, 2.05) is 24.3 Å². The van der Waals surface area contributed by atoms with E-state index in [0.717, 1.165) is 10.1 Å². The van der Waals surface area contributed by atoms with Gasteiger partial charge in [0.15, 0.2) is 0 Å². The van der Waals surface area contributed by atoms with Crippen LogP contribution in [0.4, 0.5) is 0 Å². The fourth-order valence-electron chi connectivity index (χ4n) is 4.16. The van der Waals surface area contributed by atoms with Gasteiger partial charge in [-0.25, -0.2) is 4.79 Å². The van der Waals surface area contributed by atoms with Crippen molar-refractivity contribution < 1.29 is 14.0 Å². The third-order valence-electron chi connectivity index (χ3n) is 6.16. The first-order valence-electron chi connectivity index (χ1n) is 12.4. The highest BCUT2D eigenvalue weighted by Gasteiger charge is 2.15. The molecular formula is C28H29ClN4O5. The van der Waals surface area contributed by atoms with Gasteiger partial charge >= 0.3 is 5.69 Å². The summed E-state index contributed by atoms with van der Waals surface area (Å²) < 4.78 is 7.66. The molecule has 2 aromatic heterocycles. The largest absolute Gasteiger partial charge is 0.467 e. The highest BCUT2D eigenvalue weighted by atomic mass is 35.5. The number of unbranched alkanes of at least 4 members (excludes halogenated alkanes) is 1. The Morgan fingerprint density at radius 2 is 1.66 bits per heavy atom. The molecule has 0 radical (unpaired) electrons. The van der Waals surface area contributed by atoms with Crippen molar-refractivity contribution in [1.29, 1.82) is 0 Å². The van der Waals surface area contributed by atoms with E-state index < -0.39 is 11.2 Å². The SMILES string of the molecule is O=C(CCCCn1c(=O)c2ccccc2n(CC(=O)NCc2ccco2)c1=O)NCCc1ccc(Cl)cc1. The summed E-state index contributed by atoms with van der Waals surface area (Å²) in [5.74, 6) is 0.124. The summed E-state index contributed by atoms with van der Waals surface area (Å²) in [6.07, 6.45) is 3.47. The molecule has 0 bridgehead atoms. The molecule has 0 aliphatic carbocycles. The van der Waals surface area contributed by atoms with Crippen LogP contribution in [0.15, 0.2) is 80.9 Å². The van der Waals surface area contributed by atoms with Crippen molar-refractivity contribution in [2.45, 2.75) is 45.3 Å². The number of nitrogens with zero attached hydrogens (tertiary/aromatic N) is 2. The molecule has 2 amide bonds. The van der Waals surface area contributed by atoms with Crippen molar-refractivity contribution in [3.05, 3.63) is 104 Å². The van der Waals surface area contributed by atoms with Crippen LogP contribution in [-0.2, 0) is 35.6 Å². The number of para-hydroxylation sites is 1. The van der Waals surface area contributed by atoms with Gasteiger partial charge in [0, 0.05) is 24.5 Å². The fourth-order valence-corrected chi connectivity index (χ4v) is 4.29. The standard InChI is InChI=1S/C28H29ClN4O5/c29-21-12-10-20(11-13-21)14-15-30-25(34)9-3-4-16-32-27(36)23-7-1-2-8-24(23)33(28(32)37)19-26(35)31-18-22-6-5-17-38-22/h1-2,5-8,10-13,17H,3-4,9,14-16,18-19H2,(H,30,34)(H,31,35). The summed E-state index contributed by atoms with van der Waals surface area (Å²) in [6, 6.07) is 17.7. The zero-order valence-corrected chi connectivity index (χ0v) is 21.6. The zero-order valence-electron chi connectivity index (χ0n) is 20.8. The molecule has 0 atom stereocenters. The van der Waals surface area contributed by atoms with E-state index in [4.69, 9.17) is 16.0 Å². The molecule has 10 heteroatoms. The Bertz CT molecular complexity index is 1510. The molecule has 4 aromatic rings. The van der Waals surface area contributed by atoms with Gasteiger partial charge in [-0.1, -0.05) is 35.9 Å². The minimum atomic E-state index is -0.561. The van der Waals surface area contributed by atoms with Gasteiger partial charge in [-0.15, -0.1) is 0 Å². The molecule has 38 heavy (non-hydrogen) atoms. The predicted octanol–water partition coefficient (Wildman–Crippen LogP) is 3.26. The Labute approximate surface area is 224 Å². The fraction of sp³-hybridized carbons (Fsp3) is 0.286. The number of amides is 2. The average molecular weight is 537 g/mol. The summed E-state index contributed by atoms with van der Waals surface area (Å²) >= 11 is 5.89. The van der Waals surface area contributed by atoms with Crippen molar-refractivity contribution >= 4 is 34.3 Å². The van der Waals surface area contributed by atoms with Gasteiger partial charge in [0.25, 0.3) is 5.56 Å². The van der Waals surface area contributed by atoms with Crippen LogP contribution in [0.2, 0.25) is 5.02 Å². The second-order valence-corrected chi connectivity index (χ2v) is 9.32. The smallest absolute Gasteiger partial charge is 0.331 e. The first-order chi connectivity index (χ1) is 18.4. The maximum atomic E-state index is 13.2. The molecule has 2 aromatic carbocycles. The van der Waals surface area contributed by atoms with Crippen LogP contribution >= 0.6 is 11.6 Å². The zero-order chi connectivity index (χ0) is 26.9. The minimum absolute atomic E-state index is 0.0875. The van der Waals surface area contributed by atoms with Crippen LogP contribution in [0.25, 0.3) is 10.9 Å². The van der Waals surface area contributed by atoms with Crippen LogP contribution in [0.5, 0.6) is 0 Å². The maximum Gasteiger partial charge on any atom is 0.331 e. The molecule has 0 saturated carbocycles. The topological polar surface area (TPSA) is 115 Å². The molecule has 0 saturated heterocycles. The second-order valence-electron chi connectivity index (χ2n) is 8.88. The quantitative estimate of drug-likeness (QED) is 0.270. The van der Waals surface area contributed by atoms with E-state index in [-0.39, 0.29) is 37.9 Å². The van der Waals surface area contributed by atoms with E-state index >= 15 is 0 Å². The number of fused-ring (bicyclic) bond motifs is 1. The van der Waals surface area contributed by atoms with Crippen molar-refractivity contribution in [2.75, 3.05) is 6.54 Å². The van der Waals surface area contributed by atoms with E-state index in [1.165, 1.54) is 10.8 Å². The van der Waals surface area contributed by atoms with Gasteiger partial charge in [0.05, 0.1) is 23.7 Å². The molecule has 0 aliphatic heterocycles. The lowest BCUT2D eigenvalue weighted by atomic mass is 10.1. The lowest BCUT2D eigenvalue weighted by Gasteiger charge is -2.14. The maximum absolute atomic E-state index is 13.2. The average Bonchev–Trinajstić information content (AvgIpc) is 3.44. The number of aromatic nitrogens is 2. The van der Waals surface area contributed by atoms with E-state index in [0.29, 0.717) is 47.5 Å². The monoisotopic (exact) mass is 536 g/mol. The summed E-state index contributed by atoms with van der Waals surface area (Å²) in [4.78, 5) is 51.1. The lowest BCUT2D eigenvalue weighted by Crippen LogP contribution is -2.42. The number of furan rings is 1. The van der Waals surface area contributed by atoms with Gasteiger partial charge in [-0.2, -0.15) is 0 Å². The molecule has 0 fully saturated rings. The predicted molar refractivity (Wildman–Crippen MR) is 145 cm³/mol. The molecule has 198 valence electrons. The van der Waals surface area contributed by atoms with Crippen molar-refractivity contribution in [3.63, 3.8) is 0 Å². The Morgan fingerprint density at radius 3 is 2.42 bits per heavy atom. The van der Waals surface area contributed by atoms with E-state index in [2.05, 4.69) is 10.6 Å². The van der Waals surface area contributed by atoms with Gasteiger partial charge in [0.1, 0.15) is 12.3 Å². The lowest BCUT2D eigenvalue weighted by molar-refractivity contribution is -0.122. The van der Waals surface area contributed by atoms with Crippen LogP contribution < -0.4 is 21.9 Å². The summed E-state index contributed by atoms with van der Waals surface area (Å²) in [5.41, 5.74) is 0.503. The number of halogens is 1. The molecule has 2 heterocycles.